The van der Waals surface area contributed by atoms with Gasteiger partial charge in [-0.3, -0.25) is 4.79 Å². The summed E-state index contributed by atoms with van der Waals surface area (Å²) in [4.78, 5) is 11.3. The molecule has 0 spiro atoms. The van der Waals surface area contributed by atoms with Crippen molar-refractivity contribution >= 4 is 5.97 Å². The van der Waals surface area contributed by atoms with Crippen LogP contribution in [0.1, 0.15) is 33.6 Å². The quantitative estimate of drug-likeness (QED) is 0.536. The number of hydrogen-bond donors (Lipinski definition) is 2. The van der Waals surface area contributed by atoms with Gasteiger partial charge in [-0.1, -0.05) is 24.3 Å². The highest BCUT2D eigenvalue weighted by Gasteiger charge is 2.32. The molecule has 3 heteroatoms. The maximum atomic E-state index is 11.3. The van der Waals surface area contributed by atoms with Crippen molar-refractivity contribution in [1.82, 2.24) is 0 Å². The molecule has 0 heterocycles. The molecule has 0 atom stereocenters. The van der Waals surface area contributed by atoms with Gasteiger partial charge in [-0.25, -0.2) is 0 Å². The van der Waals surface area contributed by atoms with Crippen LogP contribution in [0.5, 0.6) is 0 Å². The van der Waals surface area contributed by atoms with E-state index in [9.17, 15) is 15.0 Å². The summed E-state index contributed by atoms with van der Waals surface area (Å²) in [5.74, 6) is -0.674. The van der Waals surface area contributed by atoms with Crippen molar-refractivity contribution < 1.29 is 15.0 Å². The van der Waals surface area contributed by atoms with E-state index in [1.54, 1.807) is 51.2 Å². The van der Waals surface area contributed by atoms with Gasteiger partial charge >= 0.3 is 5.97 Å². The van der Waals surface area contributed by atoms with Gasteiger partial charge < -0.3 is 10.2 Å². The summed E-state index contributed by atoms with van der Waals surface area (Å²) in [6.07, 6.45) is 9.04. The van der Waals surface area contributed by atoms with Crippen molar-refractivity contribution in [3.05, 3.63) is 36.1 Å². The third kappa shape index (κ3) is 3.93. The second kappa shape index (κ2) is 6.88. The van der Waals surface area contributed by atoms with E-state index in [1.807, 2.05) is 0 Å². The van der Waals surface area contributed by atoms with Gasteiger partial charge in [-0.2, -0.15) is 0 Å². The first kappa shape index (κ1) is 14.5. The van der Waals surface area contributed by atoms with Crippen molar-refractivity contribution in [3.63, 3.8) is 0 Å². The number of allylic oxidation sites excluding steroid dienone is 4. The minimum atomic E-state index is -1.01. The van der Waals surface area contributed by atoms with E-state index in [4.69, 9.17) is 0 Å². The lowest BCUT2D eigenvalue weighted by Gasteiger charge is -2.22. The van der Waals surface area contributed by atoms with Gasteiger partial charge in [-0.15, -0.1) is 0 Å². The lowest BCUT2D eigenvalue weighted by Crippen LogP contribution is -2.26. The van der Waals surface area contributed by atoms with E-state index >= 15 is 0 Å². The lowest BCUT2D eigenvalue weighted by atomic mass is 9.82. The molecule has 0 aliphatic rings. The fourth-order valence-electron chi connectivity index (χ4n) is 1.55. The Morgan fingerprint density at radius 2 is 1.62 bits per heavy atom. The van der Waals surface area contributed by atoms with Crippen molar-refractivity contribution in [2.45, 2.75) is 33.6 Å². The smallest absolute Gasteiger partial charge is 0.317 e. The van der Waals surface area contributed by atoms with Gasteiger partial charge in [-0.05, 0) is 33.3 Å². The molecular formula is C13H20O3. The van der Waals surface area contributed by atoms with Crippen LogP contribution in [-0.4, -0.2) is 16.2 Å². The molecule has 0 aliphatic carbocycles. The van der Waals surface area contributed by atoms with E-state index in [0.717, 1.165) is 0 Å². The van der Waals surface area contributed by atoms with Crippen LogP contribution in [0, 0.1) is 5.41 Å². The maximum absolute atomic E-state index is 11.3. The summed E-state index contributed by atoms with van der Waals surface area (Å²) in [5.41, 5.74) is -1.01. The second-order valence-corrected chi connectivity index (χ2v) is 3.63. The number of carboxylic acids is 1. The molecule has 0 amide bonds. The molecule has 16 heavy (non-hydrogen) atoms. The van der Waals surface area contributed by atoms with Crippen molar-refractivity contribution in [2.75, 3.05) is 0 Å². The Morgan fingerprint density at radius 1 is 1.12 bits per heavy atom. The average Bonchev–Trinajstić information content (AvgIpc) is 2.25. The van der Waals surface area contributed by atoms with Crippen LogP contribution < -0.4 is 0 Å². The summed E-state index contributed by atoms with van der Waals surface area (Å²) in [6.45, 7) is 5.30. The molecule has 0 rings (SSSR count). The molecule has 0 unspecified atom stereocenters. The molecule has 0 aromatic rings. The summed E-state index contributed by atoms with van der Waals surface area (Å²) < 4.78 is 0. The number of carbonyl (C=O) groups is 1. The van der Waals surface area contributed by atoms with Crippen LogP contribution in [0.15, 0.2) is 36.1 Å². The first-order valence-electron chi connectivity index (χ1n) is 5.37. The maximum Gasteiger partial charge on any atom is 0.317 e. The fraction of sp³-hybridized carbons (Fsp3) is 0.462. The Labute approximate surface area is 96.8 Å². The van der Waals surface area contributed by atoms with Gasteiger partial charge in [0.05, 0.1) is 5.76 Å². The predicted molar refractivity (Wildman–Crippen MR) is 65.3 cm³/mol. The number of hydrogen-bond acceptors (Lipinski definition) is 2. The Balaban J connectivity index is 4.97. The van der Waals surface area contributed by atoms with Gasteiger partial charge in [0.15, 0.2) is 0 Å². The van der Waals surface area contributed by atoms with Crippen LogP contribution in [-0.2, 0) is 4.79 Å². The Morgan fingerprint density at radius 3 is 1.94 bits per heavy atom. The van der Waals surface area contributed by atoms with Crippen molar-refractivity contribution in [1.29, 1.82) is 0 Å². The van der Waals surface area contributed by atoms with Crippen LogP contribution in [0.25, 0.3) is 0 Å². The molecule has 0 bridgehead atoms. The molecule has 3 nitrogen and oxygen atoms in total. The molecule has 0 fully saturated rings. The Hall–Kier alpha value is -1.51. The normalized spacial score (nSPS) is 16.8. The highest BCUT2D eigenvalue weighted by atomic mass is 16.4. The molecule has 0 aromatic heterocycles. The first-order chi connectivity index (χ1) is 7.52. The van der Waals surface area contributed by atoms with Gasteiger partial charge in [0.2, 0.25) is 0 Å². The molecule has 0 saturated carbocycles. The summed E-state index contributed by atoms with van der Waals surface area (Å²) in [5, 5.41) is 18.6. The highest BCUT2D eigenvalue weighted by molar-refractivity contribution is 5.79. The lowest BCUT2D eigenvalue weighted by molar-refractivity contribution is -0.143. The number of aliphatic carboxylic acids is 1. The van der Waals surface area contributed by atoms with Gasteiger partial charge in [0, 0.05) is 6.42 Å². The molecule has 90 valence electrons. The standard InChI is InChI=1S/C13H20O3/c1-4-8-13(9-5-2,12(15)16)10-7-11(14)6-3/h4-6,8-9,14H,7,10H2,1-3H3,(H,15,16). The monoisotopic (exact) mass is 224 g/mol. The highest BCUT2D eigenvalue weighted by Crippen LogP contribution is 2.29. The van der Waals surface area contributed by atoms with Crippen LogP contribution in [0.3, 0.4) is 0 Å². The second-order valence-electron chi connectivity index (χ2n) is 3.63. The Kier molecular flexibility index (Phi) is 6.23. The summed E-state index contributed by atoms with van der Waals surface area (Å²) in [6, 6.07) is 0. The molecule has 0 aromatic carbocycles. The van der Waals surface area contributed by atoms with E-state index in [2.05, 4.69) is 0 Å². The zero-order valence-corrected chi connectivity index (χ0v) is 10.1. The van der Waals surface area contributed by atoms with E-state index in [0.29, 0.717) is 12.8 Å². The van der Waals surface area contributed by atoms with Crippen molar-refractivity contribution in [3.8, 4) is 0 Å². The molecule has 0 aliphatic heterocycles. The van der Waals surface area contributed by atoms with Crippen molar-refractivity contribution in [2.24, 2.45) is 5.41 Å². The predicted octanol–water partition coefficient (Wildman–Crippen LogP) is 3.45. The van der Waals surface area contributed by atoms with Gasteiger partial charge in [0.1, 0.15) is 5.41 Å². The number of rotatable bonds is 6. The summed E-state index contributed by atoms with van der Waals surface area (Å²) >= 11 is 0. The zero-order chi connectivity index (χ0) is 12.6. The molecule has 0 radical (unpaired) electrons. The van der Waals surface area contributed by atoms with E-state index < -0.39 is 11.4 Å². The SMILES string of the molecule is CC=CC(C=CC)(CCC(O)=CC)C(=O)O. The van der Waals surface area contributed by atoms with Crippen LogP contribution >= 0.6 is 0 Å². The zero-order valence-electron chi connectivity index (χ0n) is 10.1. The minimum Gasteiger partial charge on any atom is -0.513 e. The van der Waals surface area contributed by atoms with Crippen LogP contribution in [0.2, 0.25) is 0 Å². The minimum absolute atomic E-state index is 0.222. The number of carboxylic acid groups (broad SMARTS) is 1. The number of aliphatic hydroxyl groups is 1. The fourth-order valence-corrected chi connectivity index (χ4v) is 1.55. The van der Waals surface area contributed by atoms with E-state index in [1.165, 1.54) is 0 Å². The molecular weight excluding hydrogens is 204 g/mol. The largest absolute Gasteiger partial charge is 0.513 e. The van der Waals surface area contributed by atoms with Crippen LogP contribution in [0.4, 0.5) is 0 Å². The summed E-state index contributed by atoms with van der Waals surface area (Å²) in [7, 11) is 0. The van der Waals surface area contributed by atoms with E-state index in [-0.39, 0.29) is 5.76 Å². The number of aliphatic hydroxyl groups excluding tert-OH is 1. The molecule has 2 N–H and O–H groups in total. The third-order valence-electron chi connectivity index (χ3n) is 2.45. The Bertz CT molecular complexity index is 299. The third-order valence-corrected chi connectivity index (χ3v) is 2.45. The average molecular weight is 224 g/mol. The molecule has 0 saturated heterocycles. The first-order valence-corrected chi connectivity index (χ1v) is 5.37. The topological polar surface area (TPSA) is 57.5 Å². The van der Waals surface area contributed by atoms with Gasteiger partial charge in [0.25, 0.3) is 0 Å².